The number of carbonyl (C=O) groups is 1. The Morgan fingerprint density at radius 1 is 1.29 bits per heavy atom. The fraction of sp³-hybridized carbons (Fsp3) is 0.471. The van der Waals surface area contributed by atoms with Crippen molar-refractivity contribution in [3.05, 3.63) is 35.9 Å². The quantitative estimate of drug-likeness (QED) is 0.859. The summed E-state index contributed by atoms with van der Waals surface area (Å²) in [6, 6.07) is 7.18. The molecule has 4 nitrogen and oxygen atoms in total. The van der Waals surface area contributed by atoms with E-state index in [1.165, 1.54) is 18.1 Å². The molecular formula is C17H20F3NO3. The summed E-state index contributed by atoms with van der Waals surface area (Å²) in [4.78, 5) is 13.6. The van der Waals surface area contributed by atoms with Crippen molar-refractivity contribution in [2.45, 2.75) is 31.5 Å². The lowest BCUT2D eigenvalue weighted by Crippen LogP contribution is -2.54. The van der Waals surface area contributed by atoms with E-state index in [2.05, 4.69) is 0 Å². The van der Waals surface area contributed by atoms with Gasteiger partial charge in [-0.1, -0.05) is 18.2 Å². The average Bonchev–Trinajstić information content (AvgIpc) is 2.54. The molecule has 1 amide bonds. The van der Waals surface area contributed by atoms with E-state index in [0.29, 0.717) is 11.3 Å². The molecule has 2 rings (SSSR count). The van der Waals surface area contributed by atoms with Crippen LogP contribution in [0.2, 0.25) is 0 Å². The average molecular weight is 343 g/mol. The Labute approximate surface area is 138 Å². The largest absolute Gasteiger partial charge is 0.496 e. The smallest absolute Gasteiger partial charge is 0.417 e. The molecule has 1 N–H and O–H groups in total. The number of rotatable bonds is 3. The summed E-state index contributed by atoms with van der Waals surface area (Å²) in [6.45, 7) is 1.47. The van der Waals surface area contributed by atoms with Gasteiger partial charge >= 0.3 is 6.18 Å². The molecule has 1 saturated heterocycles. The number of nitrogens with zero attached hydrogens (tertiary/aromatic N) is 1. The zero-order valence-electron chi connectivity index (χ0n) is 13.6. The van der Waals surface area contributed by atoms with Crippen LogP contribution in [0.1, 0.15) is 25.3 Å². The van der Waals surface area contributed by atoms with Gasteiger partial charge in [0.2, 0.25) is 5.91 Å². The van der Waals surface area contributed by atoms with Gasteiger partial charge in [0.1, 0.15) is 5.75 Å². The summed E-state index contributed by atoms with van der Waals surface area (Å²) < 4.78 is 43.6. The number of halogens is 3. The molecule has 1 fully saturated rings. The Morgan fingerprint density at radius 2 is 1.88 bits per heavy atom. The van der Waals surface area contributed by atoms with Gasteiger partial charge in [-0.25, -0.2) is 0 Å². The van der Waals surface area contributed by atoms with Crippen LogP contribution < -0.4 is 4.74 Å². The number of para-hydroxylation sites is 1. The highest BCUT2D eigenvalue weighted by atomic mass is 19.4. The first-order valence-corrected chi connectivity index (χ1v) is 7.57. The fourth-order valence-corrected chi connectivity index (χ4v) is 2.71. The van der Waals surface area contributed by atoms with Crippen molar-refractivity contribution >= 4 is 11.5 Å². The molecule has 1 aromatic carbocycles. The molecule has 1 aliphatic heterocycles. The number of piperidine rings is 1. The second-order valence-corrected chi connectivity index (χ2v) is 5.88. The Balaban J connectivity index is 2.08. The zero-order valence-corrected chi connectivity index (χ0v) is 13.6. The summed E-state index contributed by atoms with van der Waals surface area (Å²) in [5.41, 5.74) is -1.29. The number of benzene rings is 1. The highest BCUT2D eigenvalue weighted by Crippen LogP contribution is 2.38. The third-order valence-corrected chi connectivity index (χ3v) is 4.30. The van der Waals surface area contributed by atoms with E-state index < -0.39 is 24.6 Å². The highest BCUT2D eigenvalue weighted by Gasteiger charge is 2.54. The molecule has 0 unspecified atom stereocenters. The lowest BCUT2D eigenvalue weighted by atomic mass is 9.90. The number of hydrogen-bond donors (Lipinski definition) is 1. The van der Waals surface area contributed by atoms with E-state index >= 15 is 0 Å². The maximum Gasteiger partial charge on any atom is 0.417 e. The lowest BCUT2D eigenvalue weighted by Gasteiger charge is -2.38. The molecule has 0 atom stereocenters. The predicted octanol–water partition coefficient (Wildman–Crippen LogP) is 3.01. The maximum absolute atomic E-state index is 12.8. The number of aliphatic hydroxyl groups is 1. The normalized spacial score (nSPS) is 18.4. The Hall–Kier alpha value is -2.02. The van der Waals surface area contributed by atoms with Gasteiger partial charge in [-0.05, 0) is 18.6 Å². The van der Waals surface area contributed by atoms with Crippen LogP contribution in [0.5, 0.6) is 5.75 Å². The van der Waals surface area contributed by atoms with Crippen molar-refractivity contribution in [2.75, 3.05) is 20.2 Å². The van der Waals surface area contributed by atoms with Crippen LogP contribution in [0.25, 0.3) is 5.57 Å². The third-order valence-electron chi connectivity index (χ3n) is 4.30. The van der Waals surface area contributed by atoms with E-state index in [-0.39, 0.29) is 19.0 Å². The molecule has 0 bridgehead atoms. The molecule has 1 aliphatic rings. The maximum atomic E-state index is 12.8. The van der Waals surface area contributed by atoms with Crippen molar-refractivity contribution in [3.63, 3.8) is 0 Å². The van der Waals surface area contributed by atoms with Crippen LogP contribution in [-0.4, -0.2) is 47.9 Å². The minimum Gasteiger partial charge on any atom is -0.496 e. The van der Waals surface area contributed by atoms with Crippen LogP contribution in [-0.2, 0) is 4.79 Å². The number of hydrogen-bond acceptors (Lipinski definition) is 3. The first kappa shape index (κ1) is 18.3. The van der Waals surface area contributed by atoms with E-state index in [1.807, 2.05) is 6.07 Å². The topological polar surface area (TPSA) is 49.8 Å². The van der Waals surface area contributed by atoms with Crippen molar-refractivity contribution in [1.82, 2.24) is 4.90 Å². The van der Waals surface area contributed by atoms with Gasteiger partial charge in [0.25, 0.3) is 0 Å². The minimum atomic E-state index is -4.68. The van der Waals surface area contributed by atoms with Crippen LogP contribution in [0.3, 0.4) is 0 Å². The van der Waals surface area contributed by atoms with Crippen LogP contribution >= 0.6 is 0 Å². The summed E-state index contributed by atoms with van der Waals surface area (Å²) >= 11 is 0. The van der Waals surface area contributed by atoms with Crippen molar-refractivity contribution < 1.29 is 27.8 Å². The molecule has 1 heterocycles. The van der Waals surface area contributed by atoms with Gasteiger partial charge in [0.15, 0.2) is 5.60 Å². The van der Waals surface area contributed by atoms with Crippen molar-refractivity contribution in [2.24, 2.45) is 0 Å². The molecule has 132 valence electrons. The standard InChI is InChI=1S/C17H20F3NO3/c1-12(13-5-3-4-6-14(13)24-2)11-15(22)21-9-7-16(23,8-10-21)17(18,19)20/h3-6,11,23H,7-10H2,1-2H3/b12-11+. The summed E-state index contributed by atoms with van der Waals surface area (Å²) in [5.74, 6) is 0.242. The van der Waals surface area contributed by atoms with Crippen LogP contribution in [0.4, 0.5) is 13.2 Å². The zero-order chi connectivity index (χ0) is 18.0. The second kappa shape index (κ2) is 6.84. The molecular weight excluding hydrogens is 323 g/mol. The van der Waals surface area contributed by atoms with Gasteiger partial charge in [-0.15, -0.1) is 0 Å². The van der Waals surface area contributed by atoms with Gasteiger partial charge in [-0.3, -0.25) is 4.79 Å². The number of methoxy groups -OCH3 is 1. The molecule has 0 aromatic heterocycles. The number of amides is 1. The van der Waals surface area contributed by atoms with E-state index in [1.54, 1.807) is 25.1 Å². The van der Waals surface area contributed by atoms with Crippen LogP contribution in [0.15, 0.2) is 30.3 Å². The Bertz CT molecular complexity index is 632. The van der Waals surface area contributed by atoms with Crippen molar-refractivity contribution in [1.29, 1.82) is 0 Å². The number of carbonyl (C=O) groups excluding carboxylic acids is 1. The second-order valence-electron chi connectivity index (χ2n) is 5.88. The van der Waals surface area contributed by atoms with Gasteiger partial charge in [0, 0.05) is 37.6 Å². The molecule has 0 spiro atoms. The molecule has 0 saturated carbocycles. The predicted molar refractivity (Wildman–Crippen MR) is 83.5 cm³/mol. The summed E-state index contributed by atoms with van der Waals surface area (Å²) in [6.07, 6.45) is -4.31. The SMILES string of the molecule is COc1ccccc1/C(C)=C/C(=O)N1CCC(O)(C(F)(F)F)CC1. The van der Waals surface area contributed by atoms with E-state index in [4.69, 9.17) is 4.74 Å². The lowest BCUT2D eigenvalue weighted by molar-refractivity contribution is -0.271. The summed E-state index contributed by atoms with van der Waals surface area (Å²) in [7, 11) is 1.52. The Morgan fingerprint density at radius 3 is 2.42 bits per heavy atom. The van der Waals surface area contributed by atoms with E-state index in [0.717, 1.165) is 5.56 Å². The minimum absolute atomic E-state index is 0.134. The number of alkyl halides is 3. The van der Waals surface area contributed by atoms with Gasteiger partial charge in [0.05, 0.1) is 7.11 Å². The highest BCUT2D eigenvalue weighted by molar-refractivity contribution is 5.95. The number of allylic oxidation sites excluding steroid dienone is 1. The molecule has 0 radical (unpaired) electrons. The molecule has 1 aromatic rings. The fourth-order valence-electron chi connectivity index (χ4n) is 2.71. The first-order valence-electron chi connectivity index (χ1n) is 7.57. The van der Waals surface area contributed by atoms with E-state index in [9.17, 15) is 23.1 Å². The van der Waals surface area contributed by atoms with Crippen molar-refractivity contribution in [3.8, 4) is 5.75 Å². The first-order chi connectivity index (χ1) is 11.2. The molecule has 24 heavy (non-hydrogen) atoms. The molecule has 7 heteroatoms. The van der Waals surface area contributed by atoms with Crippen LogP contribution in [0, 0.1) is 0 Å². The third kappa shape index (κ3) is 3.72. The summed E-state index contributed by atoms with van der Waals surface area (Å²) in [5, 5.41) is 9.64. The molecule has 0 aliphatic carbocycles. The number of likely N-dealkylation sites (tertiary alicyclic amines) is 1. The Kier molecular flexibility index (Phi) is 5.22. The van der Waals surface area contributed by atoms with Gasteiger partial charge < -0.3 is 14.7 Å². The van der Waals surface area contributed by atoms with Gasteiger partial charge in [-0.2, -0.15) is 13.2 Å². The number of ether oxygens (including phenoxy) is 1. The monoisotopic (exact) mass is 343 g/mol.